The van der Waals surface area contributed by atoms with E-state index in [-0.39, 0.29) is 5.91 Å². The predicted molar refractivity (Wildman–Crippen MR) is 112 cm³/mol. The Labute approximate surface area is 163 Å². The number of nitrogens with one attached hydrogen (secondary N) is 2. The number of aromatic amines is 1. The number of rotatable bonds is 6. The SMILES string of the molecule is CCCOc1ccc(C(=O)Nc2cccc(-c3nc4ccccc4[nH]3)c2)cc1. The molecule has 4 aromatic rings. The van der Waals surface area contributed by atoms with Gasteiger partial charge in [0.15, 0.2) is 0 Å². The third-order valence-electron chi connectivity index (χ3n) is 4.37. The number of carbonyl (C=O) groups excluding carboxylic acids is 1. The third-order valence-corrected chi connectivity index (χ3v) is 4.37. The van der Waals surface area contributed by atoms with Crippen LogP contribution in [-0.4, -0.2) is 22.5 Å². The topological polar surface area (TPSA) is 67.0 Å². The zero-order valence-corrected chi connectivity index (χ0v) is 15.6. The summed E-state index contributed by atoms with van der Waals surface area (Å²) in [6.07, 6.45) is 0.948. The largest absolute Gasteiger partial charge is 0.494 e. The number of anilines is 1. The summed E-state index contributed by atoms with van der Waals surface area (Å²) >= 11 is 0. The second-order valence-corrected chi connectivity index (χ2v) is 6.51. The van der Waals surface area contributed by atoms with E-state index in [1.54, 1.807) is 12.1 Å². The summed E-state index contributed by atoms with van der Waals surface area (Å²) in [4.78, 5) is 20.5. The van der Waals surface area contributed by atoms with E-state index in [4.69, 9.17) is 4.74 Å². The Kier molecular flexibility index (Phi) is 5.06. The number of imidazole rings is 1. The van der Waals surface area contributed by atoms with Crippen LogP contribution in [0.4, 0.5) is 5.69 Å². The highest BCUT2D eigenvalue weighted by atomic mass is 16.5. The van der Waals surface area contributed by atoms with Crippen molar-refractivity contribution in [2.75, 3.05) is 11.9 Å². The van der Waals surface area contributed by atoms with Gasteiger partial charge in [-0.1, -0.05) is 31.2 Å². The fourth-order valence-electron chi connectivity index (χ4n) is 2.96. The van der Waals surface area contributed by atoms with Crippen molar-refractivity contribution in [3.8, 4) is 17.1 Å². The number of benzene rings is 3. The highest BCUT2D eigenvalue weighted by Crippen LogP contribution is 2.23. The number of hydrogen-bond donors (Lipinski definition) is 2. The molecule has 1 heterocycles. The van der Waals surface area contributed by atoms with E-state index in [2.05, 4.69) is 22.2 Å². The summed E-state index contributed by atoms with van der Waals surface area (Å²) in [7, 11) is 0. The number of H-pyrrole nitrogens is 1. The molecule has 0 aliphatic carbocycles. The molecule has 0 radical (unpaired) electrons. The molecule has 5 heteroatoms. The lowest BCUT2D eigenvalue weighted by Gasteiger charge is -2.08. The van der Waals surface area contributed by atoms with Crippen molar-refractivity contribution < 1.29 is 9.53 Å². The Balaban J connectivity index is 1.50. The molecule has 0 fully saturated rings. The quantitative estimate of drug-likeness (QED) is 0.485. The van der Waals surface area contributed by atoms with Crippen molar-refractivity contribution in [2.24, 2.45) is 0 Å². The number of nitrogens with zero attached hydrogens (tertiary/aromatic N) is 1. The lowest BCUT2D eigenvalue weighted by atomic mass is 10.1. The molecule has 2 N–H and O–H groups in total. The highest BCUT2D eigenvalue weighted by Gasteiger charge is 2.09. The van der Waals surface area contributed by atoms with E-state index in [0.717, 1.165) is 34.6 Å². The normalized spacial score (nSPS) is 10.8. The Morgan fingerprint density at radius 3 is 2.64 bits per heavy atom. The van der Waals surface area contributed by atoms with Crippen molar-refractivity contribution in [1.29, 1.82) is 0 Å². The molecule has 1 aromatic heterocycles. The Morgan fingerprint density at radius 1 is 1.04 bits per heavy atom. The Hall–Kier alpha value is -3.60. The van der Waals surface area contributed by atoms with Crippen molar-refractivity contribution in [3.63, 3.8) is 0 Å². The van der Waals surface area contributed by atoms with Gasteiger partial charge in [0.05, 0.1) is 17.6 Å². The van der Waals surface area contributed by atoms with E-state index < -0.39 is 0 Å². The van der Waals surface area contributed by atoms with E-state index in [0.29, 0.717) is 17.9 Å². The first-order valence-corrected chi connectivity index (χ1v) is 9.32. The van der Waals surface area contributed by atoms with E-state index in [9.17, 15) is 4.79 Å². The van der Waals surface area contributed by atoms with Gasteiger partial charge in [0.25, 0.3) is 5.91 Å². The zero-order chi connectivity index (χ0) is 19.3. The number of carbonyl (C=O) groups is 1. The molecule has 3 aromatic carbocycles. The molecule has 0 bridgehead atoms. The van der Waals surface area contributed by atoms with E-state index in [1.165, 1.54) is 0 Å². The van der Waals surface area contributed by atoms with Crippen LogP contribution in [0, 0.1) is 0 Å². The van der Waals surface area contributed by atoms with Crippen LogP contribution in [0.2, 0.25) is 0 Å². The summed E-state index contributed by atoms with van der Waals surface area (Å²) in [6.45, 7) is 2.72. The van der Waals surface area contributed by atoms with Crippen LogP contribution in [0.25, 0.3) is 22.4 Å². The lowest BCUT2D eigenvalue weighted by Crippen LogP contribution is -2.11. The van der Waals surface area contributed by atoms with Gasteiger partial charge in [0.1, 0.15) is 11.6 Å². The molecule has 0 aliphatic rings. The summed E-state index contributed by atoms with van der Waals surface area (Å²) in [6, 6.07) is 22.7. The van der Waals surface area contributed by atoms with Gasteiger partial charge >= 0.3 is 0 Å². The van der Waals surface area contributed by atoms with Gasteiger partial charge in [-0.05, 0) is 55.0 Å². The summed E-state index contributed by atoms with van der Waals surface area (Å²) < 4.78 is 5.56. The number of para-hydroxylation sites is 2. The van der Waals surface area contributed by atoms with E-state index in [1.807, 2.05) is 60.7 Å². The highest BCUT2D eigenvalue weighted by molar-refractivity contribution is 6.04. The standard InChI is InChI=1S/C23H21N3O2/c1-2-14-28-19-12-10-16(11-13-19)23(27)24-18-7-5-6-17(15-18)22-25-20-8-3-4-9-21(20)26-22/h3-13,15H,2,14H2,1H3,(H,24,27)(H,25,26). The third kappa shape index (κ3) is 3.88. The van der Waals surface area contributed by atoms with Crippen molar-refractivity contribution in [1.82, 2.24) is 9.97 Å². The first kappa shape index (κ1) is 17.8. The van der Waals surface area contributed by atoms with Crippen LogP contribution in [-0.2, 0) is 0 Å². The number of fused-ring (bicyclic) bond motifs is 1. The minimum Gasteiger partial charge on any atom is -0.494 e. The second kappa shape index (κ2) is 7.96. The minimum absolute atomic E-state index is 0.163. The molecule has 5 nitrogen and oxygen atoms in total. The molecule has 0 spiro atoms. The fourth-order valence-corrected chi connectivity index (χ4v) is 2.96. The average molecular weight is 371 g/mol. The number of hydrogen-bond acceptors (Lipinski definition) is 3. The monoisotopic (exact) mass is 371 g/mol. The first-order chi connectivity index (χ1) is 13.7. The summed E-state index contributed by atoms with van der Waals surface area (Å²) in [5, 5.41) is 2.94. The molecule has 0 unspecified atom stereocenters. The number of ether oxygens (including phenoxy) is 1. The van der Waals surface area contributed by atoms with Crippen LogP contribution in [0.15, 0.2) is 72.8 Å². The number of amides is 1. The van der Waals surface area contributed by atoms with Crippen LogP contribution >= 0.6 is 0 Å². The maximum atomic E-state index is 12.6. The van der Waals surface area contributed by atoms with Gasteiger partial charge in [-0.2, -0.15) is 0 Å². The molecule has 0 saturated heterocycles. The average Bonchev–Trinajstić information content (AvgIpc) is 3.17. The van der Waals surface area contributed by atoms with Crippen molar-refractivity contribution >= 4 is 22.6 Å². The van der Waals surface area contributed by atoms with E-state index >= 15 is 0 Å². The summed E-state index contributed by atoms with van der Waals surface area (Å²) in [5.41, 5.74) is 4.11. The van der Waals surface area contributed by atoms with Crippen LogP contribution in [0.3, 0.4) is 0 Å². The van der Waals surface area contributed by atoms with Gasteiger partial charge < -0.3 is 15.0 Å². The summed E-state index contributed by atoms with van der Waals surface area (Å²) in [5.74, 6) is 1.38. The van der Waals surface area contributed by atoms with Gasteiger partial charge in [-0.15, -0.1) is 0 Å². The van der Waals surface area contributed by atoms with Crippen molar-refractivity contribution in [2.45, 2.75) is 13.3 Å². The Bertz CT molecular complexity index is 1070. The van der Waals surface area contributed by atoms with Crippen LogP contribution in [0.5, 0.6) is 5.75 Å². The minimum atomic E-state index is -0.163. The molecule has 28 heavy (non-hydrogen) atoms. The molecular formula is C23H21N3O2. The smallest absolute Gasteiger partial charge is 0.255 e. The lowest BCUT2D eigenvalue weighted by molar-refractivity contribution is 0.102. The maximum Gasteiger partial charge on any atom is 0.255 e. The predicted octanol–water partition coefficient (Wildman–Crippen LogP) is 5.27. The molecule has 140 valence electrons. The molecule has 0 saturated carbocycles. The maximum absolute atomic E-state index is 12.6. The van der Waals surface area contributed by atoms with Gasteiger partial charge in [0.2, 0.25) is 0 Å². The van der Waals surface area contributed by atoms with Crippen LogP contribution < -0.4 is 10.1 Å². The van der Waals surface area contributed by atoms with Crippen molar-refractivity contribution in [3.05, 3.63) is 78.4 Å². The fraction of sp³-hybridized carbons (Fsp3) is 0.130. The molecule has 0 atom stereocenters. The molecule has 0 aliphatic heterocycles. The zero-order valence-electron chi connectivity index (χ0n) is 15.6. The second-order valence-electron chi connectivity index (χ2n) is 6.51. The first-order valence-electron chi connectivity index (χ1n) is 9.32. The van der Waals surface area contributed by atoms with Gasteiger partial charge in [0, 0.05) is 16.8 Å². The number of aromatic nitrogens is 2. The molecule has 1 amide bonds. The molecular weight excluding hydrogens is 350 g/mol. The van der Waals surface area contributed by atoms with Crippen LogP contribution in [0.1, 0.15) is 23.7 Å². The molecule has 4 rings (SSSR count). The Morgan fingerprint density at radius 2 is 1.86 bits per heavy atom. The van der Waals surface area contributed by atoms with Gasteiger partial charge in [-0.3, -0.25) is 4.79 Å². The van der Waals surface area contributed by atoms with Gasteiger partial charge in [-0.25, -0.2) is 4.98 Å².